The molecule has 0 bridgehead atoms. The van der Waals surface area contributed by atoms with E-state index in [1.54, 1.807) is 0 Å². The van der Waals surface area contributed by atoms with Crippen LogP contribution in [0.4, 0.5) is 30.7 Å². The highest BCUT2D eigenvalue weighted by molar-refractivity contribution is 5.99. The predicted molar refractivity (Wildman–Crippen MR) is 86.2 cm³/mol. The molecule has 0 aliphatic carbocycles. The van der Waals surface area contributed by atoms with E-state index in [0.717, 1.165) is 12.8 Å². The van der Waals surface area contributed by atoms with Gasteiger partial charge in [-0.15, -0.1) is 0 Å². The molecule has 3 nitrogen and oxygen atoms in total. The fraction of sp³-hybridized carbons (Fsp3) is 0.611. The monoisotopic (exact) mass is 412 g/mol. The molecule has 1 atom stereocenters. The number of carbonyl (C=O) groups excluding carboxylic acids is 1. The summed E-state index contributed by atoms with van der Waals surface area (Å²) in [6.07, 6.45) is -10.6. The van der Waals surface area contributed by atoms with E-state index in [4.69, 9.17) is 0 Å². The highest BCUT2D eigenvalue weighted by Crippen LogP contribution is 2.54. The van der Waals surface area contributed by atoms with Crippen molar-refractivity contribution in [2.75, 3.05) is 13.1 Å². The van der Waals surface area contributed by atoms with Gasteiger partial charge in [-0.3, -0.25) is 9.69 Å². The molecular weight excluding hydrogens is 393 g/mol. The molecule has 0 saturated carbocycles. The zero-order valence-electron chi connectivity index (χ0n) is 15.0. The zero-order chi connectivity index (χ0) is 20.9. The minimum absolute atomic E-state index is 0.0453. The Morgan fingerprint density at radius 2 is 1.75 bits per heavy atom. The first-order valence-electron chi connectivity index (χ1n) is 8.83. The molecule has 1 amide bonds. The molecule has 156 valence electrons. The van der Waals surface area contributed by atoms with Crippen LogP contribution in [0.5, 0.6) is 0 Å². The second-order valence-corrected chi connectivity index (χ2v) is 7.49. The van der Waals surface area contributed by atoms with Crippen molar-refractivity contribution in [3.05, 3.63) is 34.4 Å². The standard InChI is InChI=1S/C18H19F7N2O/c1-10-3-2-4-27(8-10)9-11-5-12-13(7-26-15(12)28)14(6-11)16(19,17(20,21)22)18(23,24)25/h5-6,10H,2-4,7-9H2,1H3,(H,26,28)/t10-/m0/s1. The van der Waals surface area contributed by atoms with E-state index in [2.05, 4.69) is 5.32 Å². The molecule has 1 aromatic rings. The van der Waals surface area contributed by atoms with Crippen molar-refractivity contribution in [2.45, 2.75) is 50.9 Å². The van der Waals surface area contributed by atoms with Crippen molar-refractivity contribution < 1.29 is 35.5 Å². The van der Waals surface area contributed by atoms with Gasteiger partial charge in [-0.05, 0) is 42.5 Å². The fourth-order valence-corrected chi connectivity index (χ4v) is 3.94. The van der Waals surface area contributed by atoms with Gasteiger partial charge in [0.05, 0.1) is 0 Å². The Balaban J connectivity index is 2.11. The van der Waals surface area contributed by atoms with E-state index >= 15 is 0 Å². The third kappa shape index (κ3) is 3.46. The Labute approximate surface area is 156 Å². The van der Waals surface area contributed by atoms with Crippen LogP contribution in [-0.2, 0) is 18.8 Å². The van der Waals surface area contributed by atoms with Crippen molar-refractivity contribution in [3.63, 3.8) is 0 Å². The molecule has 0 aromatic heterocycles. The van der Waals surface area contributed by atoms with Gasteiger partial charge >= 0.3 is 18.0 Å². The van der Waals surface area contributed by atoms with Gasteiger partial charge in [0.15, 0.2) is 0 Å². The van der Waals surface area contributed by atoms with Crippen LogP contribution in [-0.4, -0.2) is 36.2 Å². The molecule has 3 rings (SSSR count). The van der Waals surface area contributed by atoms with Gasteiger partial charge in [0.1, 0.15) is 0 Å². The van der Waals surface area contributed by atoms with Crippen LogP contribution in [0.25, 0.3) is 0 Å². The lowest BCUT2D eigenvalue weighted by atomic mass is 9.86. The Hall–Kier alpha value is -1.84. The Morgan fingerprint density at radius 3 is 2.32 bits per heavy atom. The van der Waals surface area contributed by atoms with E-state index in [1.165, 1.54) is 6.07 Å². The van der Waals surface area contributed by atoms with Crippen LogP contribution < -0.4 is 5.32 Å². The second-order valence-electron chi connectivity index (χ2n) is 7.49. The van der Waals surface area contributed by atoms with Crippen LogP contribution in [0, 0.1) is 5.92 Å². The van der Waals surface area contributed by atoms with E-state index in [1.807, 2.05) is 11.8 Å². The molecular formula is C18H19F7N2O. The summed E-state index contributed by atoms with van der Waals surface area (Å²) in [5, 5.41) is 2.18. The minimum atomic E-state index is -6.22. The number of nitrogens with zero attached hydrogens (tertiary/aromatic N) is 1. The summed E-state index contributed by atoms with van der Waals surface area (Å²) in [4.78, 5) is 13.8. The van der Waals surface area contributed by atoms with Gasteiger partial charge in [-0.25, -0.2) is 4.39 Å². The Bertz CT molecular complexity index is 758. The van der Waals surface area contributed by atoms with Gasteiger partial charge in [0, 0.05) is 30.8 Å². The third-order valence-electron chi connectivity index (χ3n) is 5.28. The lowest BCUT2D eigenvalue weighted by molar-refractivity contribution is -0.348. The first-order chi connectivity index (χ1) is 12.8. The average Bonchev–Trinajstić information content (AvgIpc) is 2.93. The number of carbonyl (C=O) groups is 1. The summed E-state index contributed by atoms with van der Waals surface area (Å²) in [6.45, 7) is 2.71. The molecule has 1 aromatic carbocycles. The van der Waals surface area contributed by atoms with Gasteiger partial charge < -0.3 is 5.32 Å². The number of benzene rings is 1. The van der Waals surface area contributed by atoms with Crippen molar-refractivity contribution in [3.8, 4) is 0 Å². The summed E-state index contributed by atoms with van der Waals surface area (Å²) in [5.41, 5.74) is -7.99. The largest absolute Gasteiger partial charge is 0.435 e. The Morgan fingerprint density at radius 1 is 1.11 bits per heavy atom. The van der Waals surface area contributed by atoms with Crippen LogP contribution >= 0.6 is 0 Å². The van der Waals surface area contributed by atoms with E-state index in [-0.39, 0.29) is 17.7 Å². The van der Waals surface area contributed by atoms with E-state index < -0.39 is 41.6 Å². The normalized spacial score (nSPS) is 21.6. The van der Waals surface area contributed by atoms with Crippen molar-refractivity contribution in [1.29, 1.82) is 0 Å². The highest BCUT2D eigenvalue weighted by atomic mass is 19.4. The summed E-state index contributed by atoms with van der Waals surface area (Å²) in [6, 6.07) is 1.87. The van der Waals surface area contributed by atoms with Gasteiger partial charge in [0.25, 0.3) is 5.91 Å². The number of likely N-dealkylation sites (tertiary alicyclic amines) is 1. The van der Waals surface area contributed by atoms with Crippen molar-refractivity contribution in [2.24, 2.45) is 5.92 Å². The van der Waals surface area contributed by atoms with Crippen LogP contribution in [0.2, 0.25) is 0 Å². The summed E-state index contributed by atoms with van der Waals surface area (Å²) in [7, 11) is 0. The first kappa shape index (κ1) is 20.9. The summed E-state index contributed by atoms with van der Waals surface area (Å²) < 4.78 is 94.4. The number of fused-ring (bicyclic) bond motifs is 1. The predicted octanol–water partition coefficient (Wildman–Crippen LogP) is 4.45. The lowest BCUT2D eigenvalue weighted by Crippen LogP contribution is -2.51. The number of halogens is 7. The number of hydrogen-bond donors (Lipinski definition) is 1. The molecule has 0 radical (unpaired) electrons. The maximum Gasteiger partial charge on any atom is 0.435 e. The third-order valence-corrected chi connectivity index (χ3v) is 5.28. The summed E-state index contributed by atoms with van der Waals surface area (Å²) >= 11 is 0. The molecule has 0 unspecified atom stereocenters. The number of piperidine rings is 1. The maximum atomic E-state index is 14.7. The van der Waals surface area contributed by atoms with E-state index in [9.17, 15) is 35.5 Å². The number of alkyl halides is 7. The molecule has 28 heavy (non-hydrogen) atoms. The first-order valence-corrected chi connectivity index (χ1v) is 8.83. The fourth-order valence-electron chi connectivity index (χ4n) is 3.94. The molecule has 1 N–H and O–H groups in total. The minimum Gasteiger partial charge on any atom is -0.348 e. The smallest absolute Gasteiger partial charge is 0.348 e. The van der Waals surface area contributed by atoms with Gasteiger partial charge in [-0.2, -0.15) is 26.3 Å². The quantitative estimate of drug-likeness (QED) is 0.744. The van der Waals surface area contributed by atoms with Gasteiger partial charge in [-0.1, -0.05) is 13.0 Å². The lowest BCUT2D eigenvalue weighted by Gasteiger charge is -2.33. The zero-order valence-corrected chi connectivity index (χ0v) is 15.0. The molecule has 10 heteroatoms. The van der Waals surface area contributed by atoms with Crippen LogP contribution in [0.1, 0.15) is 46.8 Å². The average molecular weight is 412 g/mol. The molecule has 1 saturated heterocycles. The molecule has 1 fully saturated rings. The maximum absolute atomic E-state index is 14.7. The molecule has 2 aliphatic heterocycles. The van der Waals surface area contributed by atoms with Crippen molar-refractivity contribution >= 4 is 5.91 Å². The van der Waals surface area contributed by atoms with Crippen LogP contribution in [0.3, 0.4) is 0 Å². The molecule has 2 aliphatic rings. The number of nitrogens with one attached hydrogen (secondary N) is 1. The highest BCUT2D eigenvalue weighted by Gasteiger charge is 2.74. The van der Waals surface area contributed by atoms with E-state index in [0.29, 0.717) is 25.1 Å². The molecule has 2 heterocycles. The van der Waals surface area contributed by atoms with Gasteiger partial charge in [0.2, 0.25) is 0 Å². The Kier molecular flexibility index (Phi) is 5.14. The van der Waals surface area contributed by atoms with Crippen LogP contribution in [0.15, 0.2) is 12.1 Å². The van der Waals surface area contributed by atoms with Crippen molar-refractivity contribution in [1.82, 2.24) is 10.2 Å². The number of rotatable bonds is 3. The number of amides is 1. The second kappa shape index (κ2) is 6.89. The summed E-state index contributed by atoms with van der Waals surface area (Å²) in [5.74, 6) is -0.478. The number of hydrogen-bond acceptors (Lipinski definition) is 2. The SMILES string of the molecule is C[C@H]1CCCN(Cc2cc3c(c(C(F)(C(F)(F)F)C(F)(F)F)c2)CNC3=O)C1. The topological polar surface area (TPSA) is 32.3 Å². The molecule has 0 spiro atoms.